The molecule has 1 fully saturated rings. The van der Waals surface area contributed by atoms with E-state index in [2.05, 4.69) is 4.98 Å². The zero-order valence-electron chi connectivity index (χ0n) is 15.1. The average molecular weight is 353 g/mol. The Morgan fingerprint density at radius 3 is 2.27 bits per heavy atom. The van der Waals surface area contributed by atoms with E-state index in [1.54, 1.807) is 41.4 Å². The Balaban J connectivity index is 1.72. The summed E-state index contributed by atoms with van der Waals surface area (Å²) in [6, 6.07) is 9.03. The smallest absolute Gasteiger partial charge is 0.257 e. The SMILES string of the molecule is COc1ccc(C)cc1C(=O)N1CCCN(C(=O)c2ccncc2)CC1. The number of amides is 2. The van der Waals surface area contributed by atoms with Gasteiger partial charge < -0.3 is 14.5 Å². The van der Waals surface area contributed by atoms with Crippen LogP contribution in [0.5, 0.6) is 5.75 Å². The fourth-order valence-corrected chi connectivity index (χ4v) is 3.16. The minimum Gasteiger partial charge on any atom is -0.496 e. The van der Waals surface area contributed by atoms with Gasteiger partial charge in [-0.3, -0.25) is 14.6 Å². The van der Waals surface area contributed by atoms with E-state index in [1.165, 1.54) is 0 Å². The summed E-state index contributed by atoms with van der Waals surface area (Å²) in [6.07, 6.45) is 3.98. The molecule has 0 aliphatic carbocycles. The normalized spacial score (nSPS) is 14.7. The molecule has 0 N–H and O–H groups in total. The molecular weight excluding hydrogens is 330 g/mol. The van der Waals surface area contributed by atoms with Crippen molar-refractivity contribution in [2.24, 2.45) is 0 Å². The Labute approximate surface area is 153 Å². The van der Waals surface area contributed by atoms with Crippen molar-refractivity contribution in [3.63, 3.8) is 0 Å². The first kappa shape index (κ1) is 17.9. The Morgan fingerprint density at radius 2 is 1.62 bits per heavy atom. The third kappa shape index (κ3) is 3.85. The predicted octanol–water partition coefficient (Wildman–Crippen LogP) is 2.39. The zero-order chi connectivity index (χ0) is 18.5. The van der Waals surface area contributed by atoms with Gasteiger partial charge in [-0.25, -0.2) is 0 Å². The highest BCUT2D eigenvalue weighted by Gasteiger charge is 2.25. The molecule has 0 spiro atoms. The molecule has 1 aliphatic heterocycles. The number of aryl methyl sites for hydroxylation is 1. The largest absolute Gasteiger partial charge is 0.496 e. The number of carbonyl (C=O) groups excluding carboxylic acids is 2. The first-order valence-electron chi connectivity index (χ1n) is 8.73. The van der Waals surface area contributed by atoms with Crippen LogP contribution in [0.1, 0.15) is 32.7 Å². The van der Waals surface area contributed by atoms with Crippen LogP contribution < -0.4 is 4.74 Å². The molecule has 2 heterocycles. The maximum Gasteiger partial charge on any atom is 0.257 e. The molecule has 2 aromatic rings. The van der Waals surface area contributed by atoms with Crippen molar-refractivity contribution >= 4 is 11.8 Å². The average Bonchev–Trinajstić information content (AvgIpc) is 2.93. The van der Waals surface area contributed by atoms with Gasteiger partial charge in [0.05, 0.1) is 12.7 Å². The van der Waals surface area contributed by atoms with E-state index in [0.29, 0.717) is 43.1 Å². The van der Waals surface area contributed by atoms with Crippen LogP contribution in [0.15, 0.2) is 42.7 Å². The van der Waals surface area contributed by atoms with E-state index in [-0.39, 0.29) is 11.8 Å². The minimum absolute atomic E-state index is 0.0187. The van der Waals surface area contributed by atoms with Gasteiger partial charge >= 0.3 is 0 Å². The number of aromatic nitrogens is 1. The zero-order valence-corrected chi connectivity index (χ0v) is 15.1. The number of rotatable bonds is 3. The van der Waals surface area contributed by atoms with Crippen molar-refractivity contribution in [1.29, 1.82) is 0 Å². The van der Waals surface area contributed by atoms with E-state index in [1.807, 2.05) is 25.1 Å². The first-order chi connectivity index (χ1) is 12.6. The van der Waals surface area contributed by atoms with Gasteiger partial charge in [-0.2, -0.15) is 0 Å². The summed E-state index contributed by atoms with van der Waals surface area (Å²) in [5, 5.41) is 0. The molecule has 1 aromatic carbocycles. The van der Waals surface area contributed by atoms with Crippen LogP contribution in [-0.2, 0) is 0 Å². The highest BCUT2D eigenvalue weighted by molar-refractivity contribution is 5.97. The van der Waals surface area contributed by atoms with Gasteiger partial charge in [0.1, 0.15) is 5.75 Å². The summed E-state index contributed by atoms with van der Waals surface area (Å²) in [6.45, 7) is 4.23. The molecule has 136 valence electrons. The number of benzene rings is 1. The maximum atomic E-state index is 13.0. The van der Waals surface area contributed by atoms with Crippen LogP contribution in [0.4, 0.5) is 0 Å². The van der Waals surface area contributed by atoms with Crippen molar-refractivity contribution in [2.75, 3.05) is 33.3 Å². The van der Waals surface area contributed by atoms with Crippen LogP contribution in [0, 0.1) is 6.92 Å². The van der Waals surface area contributed by atoms with Gasteiger partial charge in [0.2, 0.25) is 0 Å². The fraction of sp³-hybridized carbons (Fsp3) is 0.350. The van der Waals surface area contributed by atoms with E-state index in [4.69, 9.17) is 4.74 Å². The third-order valence-electron chi connectivity index (χ3n) is 4.58. The molecular formula is C20H23N3O3. The number of hydrogen-bond donors (Lipinski definition) is 0. The monoisotopic (exact) mass is 353 g/mol. The second-order valence-electron chi connectivity index (χ2n) is 6.38. The summed E-state index contributed by atoms with van der Waals surface area (Å²) in [5.41, 5.74) is 2.21. The standard InChI is InChI=1S/C20H23N3O3/c1-15-4-5-18(26-2)17(14-15)20(25)23-11-3-10-22(12-13-23)19(24)16-6-8-21-9-7-16/h4-9,14H,3,10-13H2,1-2H3. The number of methoxy groups -OCH3 is 1. The van der Waals surface area contributed by atoms with E-state index < -0.39 is 0 Å². The lowest BCUT2D eigenvalue weighted by atomic mass is 10.1. The second-order valence-corrected chi connectivity index (χ2v) is 6.38. The number of hydrogen-bond acceptors (Lipinski definition) is 4. The molecule has 0 bridgehead atoms. The van der Waals surface area contributed by atoms with Crippen LogP contribution in [0.25, 0.3) is 0 Å². The van der Waals surface area contributed by atoms with Crippen LogP contribution >= 0.6 is 0 Å². The van der Waals surface area contributed by atoms with E-state index in [9.17, 15) is 9.59 Å². The van der Waals surface area contributed by atoms with Crippen molar-refractivity contribution < 1.29 is 14.3 Å². The number of nitrogens with zero attached hydrogens (tertiary/aromatic N) is 3. The first-order valence-corrected chi connectivity index (χ1v) is 8.73. The predicted molar refractivity (Wildman–Crippen MR) is 98.4 cm³/mol. The van der Waals surface area contributed by atoms with Crippen molar-refractivity contribution in [3.8, 4) is 5.75 Å². The molecule has 3 rings (SSSR count). The van der Waals surface area contributed by atoms with E-state index in [0.717, 1.165) is 12.0 Å². The van der Waals surface area contributed by atoms with Gasteiger partial charge in [-0.05, 0) is 37.6 Å². The van der Waals surface area contributed by atoms with Crippen molar-refractivity contribution in [3.05, 3.63) is 59.4 Å². The molecule has 1 saturated heterocycles. The maximum absolute atomic E-state index is 13.0. The molecule has 0 saturated carbocycles. The Hall–Kier alpha value is -2.89. The highest BCUT2D eigenvalue weighted by Crippen LogP contribution is 2.22. The third-order valence-corrected chi connectivity index (χ3v) is 4.58. The number of carbonyl (C=O) groups is 2. The van der Waals surface area contributed by atoms with Crippen LogP contribution in [0.3, 0.4) is 0 Å². The Morgan fingerprint density at radius 1 is 0.962 bits per heavy atom. The number of ether oxygens (including phenoxy) is 1. The topological polar surface area (TPSA) is 62.7 Å². The molecule has 6 heteroatoms. The summed E-state index contributed by atoms with van der Waals surface area (Å²) < 4.78 is 5.34. The minimum atomic E-state index is -0.0521. The summed E-state index contributed by atoms with van der Waals surface area (Å²) in [4.78, 5) is 33.1. The lowest BCUT2D eigenvalue weighted by Gasteiger charge is -2.23. The molecule has 0 unspecified atom stereocenters. The van der Waals surface area contributed by atoms with Crippen molar-refractivity contribution in [2.45, 2.75) is 13.3 Å². The molecule has 26 heavy (non-hydrogen) atoms. The van der Waals surface area contributed by atoms with Crippen LogP contribution in [0.2, 0.25) is 0 Å². The van der Waals surface area contributed by atoms with Gasteiger partial charge in [-0.15, -0.1) is 0 Å². The fourth-order valence-electron chi connectivity index (χ4n) is 3.16. The highest BCUT2D eigenvalue weighted by atomic mass is 16.5. The lowest BCUT2D eigenvalue weighted by molar-refractivity contribution is 0.0717. The number of pyridine rings is 1. The van der Waals surface area contributed by atoms with Gasteiger partial charge in [0.15, 0.2) is 0 Å². The Bertz CT molecular complexity index is 792. The van der Waals surface area contributed by atoms with Crippen molar-refractivity contribution in [1.82, 2.24) is 14.8 Å². The molecule has 6 nitrogen and oxygen atoms in total. The summed E-state index contributed by atoms with van der Waals surface area (Å²) in [5.74, 6) is 0.508. The molecule has 1 aliphatic rings. The van der Waals surface area contributed by atoms with Gasteiger partial charge in [-0.1, -0.05) is 11.6 Å². The second kappa shape index (κ2) is 7.99. The molecule has 1 aromatic heterocycles. The van der Waals surface area contributed by atoms with Gasteiger partial charge in [0.25, 0.3) is 11.8 Å². The van der Waals surface area contributed by atoms with Gasteiger partial charge in [0, 0.05) is 44.1 Å². The molecule has 0 atom stereocenters. The van der Waals surface area contributed by atoms with Crippen LogP contribution in [-0.4, -0.2) is 59.9 Å². The molecule has 2 amide bonds. The lowest BCUT2D eigenvalue weighted by Crippen LogP contribution is -2.37. The Kier molecular flexibility index (Phi) is 5.51. The molecule has 0 radical (unpaired) electrons. The summed E-state index contributed by atoms with van der Waals surface area (Å²) >= 11 is 0. The summed E-state index contributed by atoms with van der Waals surface area (Å²) in [7, 11) is 1.57. The quantitative estimate of drug-likeness (QED) is 0.850. The van der Waals surface area contributed by atoms with E-state index >= 15 is 0 Å².